The van der Waals surface area contributed by atoms with Crippen LogP contribution >= 0.6 is 24.0 Å². The summed E-state index contributed by atoms with van der Waals surface area (Å²) in [6.07, 6.45) is 5.92. The molecule has 1 saturated carbocycles. The van der Waals surface area contributed by atoms with Crippen molar-refractivity contribution in [2.24, 2.45) is 0 Å². The van der Waals surface area contributed by atoms with Gasteiger partial charge in [0.25, 0.3) is 5.91 Å². The van der Waals surface area contributed by atoms with Crippen LogP contribution in [0.4, 0.5) is 0 Å². The predicted octanol–water partition coefficient (Wildman–Crippen LogP) is 5.46. The maximum absolute atomic E-state index is 13.4. The van der Waals surface area contributed by atoms with E-state index in [1.165, 1.54) is 24.0 Å². The molecule has 6 nitrogen and oxygen atoms in total. The number of aryl methyl sites for hydroxylation is 2. The fraction of sp³-hybridized carbons (Fsp3) is 0.417. The molecule has 1 saturated heterocycles. The van der Waals surface area contributed by atoms with Crippen molar-refractivity contribution in [3.63, 3.8) is 0 Å². The molecule has 0 spiro atoms. The normalized spacial score (nSPS) is 17.0. The Morgan fingerprint density at radius 2 is 1.91 bits per heavy atom. The number of benzene rings is 1. The zero-order valence-corrected chi connectivity index (χ0v) is 20.0. The van der Waals surface area contributed by atoms with Crippen LogP contribution in [0.2, 0.25) is 0 Å². The van der Waals surface area contributed by atoms with Gasteiger partial charge < -0.3 is 9.47 Å². The molecule has 3 heterocycles. The Balaban J connectivity index is 1.30. The summed E-state index contributed by atoms with van der Waals surface area (Å²) in [5.74, 6) is 1.46. The largest absolute Gasteiger partial charge is 0.339 e. The van der Waals surface area contributed by atoms with Crippen molar-refractivity contribution in [3.05, 3.63) is 63.8 Å². The van der Waals surface area contributed by atoms with Crippen LogP contribution in [0, 0.1) is 18.6 Å². The second-order valence-corrected chi connectivity index (χ2v) is 10.2. The molecule has 2 fully saturated rings. The van der Waals surface area contributed by atoms with E-state index in [9.17, 15) is 4.79 Å². The monoisotopic (exact) mass is 465 g/mol. The summed E-state index contributed by atoms with van der Waals surface area (Å²) in [6.45, 7) is 5.65. The Kier molecular flexibility index (Phi) is 5.90. The second kappa shape index (κ2) is 8.83. The number of hydrogen-bond donors (Lipinski definition) is 1. The van der Waals surface area contributed by atoms with Gasteiger partial charge in [-0.15, -0.1) is 0 Å². The highest BCUT2D eigenvalue weighted by molar-refractivity contribution is 7.99. The molecule has 1 aromatic carbocycles. The smallest absolute Gasteiger partial charge is 0.256 e. The number of carbonyl (C=O) groups is 1. The number of aromatic amines is 1. The van der Waals surface area contributed by atoms with Crippen LogP contribution < -0.4 is 0 Å². The van der Waals surface area contributed by atoms with Gasteiger partial charge >= 0.3 is 0 Å². The summed E-state index contributed by atoms with van der Waals surface area (Å²) >= 11 is 7.00. The number of aromatic nitrogens is 4. The van der Waals surface area contributed by atoms with Gasteiger partial charge in [-0.25, -0.2) is 4.98 Å². The van der Waals surface area contributed by atoms with Crippen LogP contribution in [0.3, 0.4) is 0 Å². The van der Waals surface area contributed by atoms with E-state index in [2.05, 4.69) is 51.8 Å². The molecule has 0 unspecified atom stereocenters. The number of hydrogen-bond acceptors (Lipinski definition) is 5. The number of nitrogens with zero attached hydrogens (tertiary/aromatic N) is 4. The fourth-order valence-corrected chi connectivity index (χ4v) is 5.59. The maximum atomic E-state index is 13.4. The quantitative estimate of drug-likeness (QED) is 0.507. The Morgan fingerprint density at radius 1 is 1.12 bits per heavy atom. The molecule has 0 radical (unpaired) electrons. The summed E-state index contributed by atoms with van der Waals surface area (Å²) in [6, 6.07) is 10.6. The molecule has 1 aliphatic heterocycles. The lowest BCUT2D eigenvalue weighted by molar-refractivity contribution is 0.0706. The van der Waals surface area contributed by atoms with Gasteiger partial charge in [0.1, 0.15) is 10.9 Å². The number of carbonyl (C=O) groups excluding carboxylic acids is 1. The third kappa shape index (κ3) is 4.26. The van der Waals surface area contributed by atoms with E-state index in [0.29, 0.717) is 17.5 Å². The molecule has 2 aromatic heterocycles. The Morgan fingerprint density at radius 3 is 2.62 bits per heavy atom. The van der Waals surface area contributed by atoms with E-state index < -0.39 is 0 Å². The van der Waals surface area contributed by atoms with E-state index >= 15 is 0 Å². The molecular weight excluding hydrogens is 438 g/mol. The van der Waals surface area contributed by atoms with Crippen LogP contribution in [0.5, 0.6) is 0 Å². The van der Waals surface area contributed by atoms with Gasteiger partial charge in [0.2, 0.25) is 0 Å². The van der Waals surface area contributed by atoms with E-state index in [1.807, 2.05) is 17.0 Å². The van der Waals surface area contributed by atoms with Crippen molar-refractivity contribution >= 4 is 29.9 Å². The summed E-state index contributed by atoms with van der Waals surface area (Å²) in [4.78, 5) is 21.0. The second-order valence-electron chi connectivity index (χ2n) is 8.76. The van der Waals surface area contributed by atoms with Crippen molar-refractivity contribution in [1.29, 1.82) is 0 Å². The van der Waals surface area contributed by atoms with Crippen LogP contribution in [-0.4, -0.2) is 43.6 Å². The highest BCUT2D eigenvalue weighted by atomic mass is 32.2. The minimum Gasteiger partial charge on any atom is -0.339 e. The first-order valence-electron chi connectivity index (χ1n) is 11.2. The molecule has 0 bridgehead atoms. The van der Waals surface area contributed by atoms with Gasteiger partial charge in [-0.05, 0) is 87.1 Å². The standard InChI is InChI=1S/C24H27N5OS2/c1-15-5-8-19(14-16(15)2)32-22-20(4-3-11-25-22)23(30)28-12-9-17(10-13-28)21-26-27-24(31)29(21)18-6-7-18/h3-5,8,11,14,17-18H,6-7,9-10,12-13H2,1-2H3,(H,27,31). The van der Waals surface area contributed by atoms with E-state index in [-0.39, 0.29) is 5.91 Å². The first-order valence-corrected chi connectivity index (χ1v) is 12.4. The average molecular weight is 466 g/mol. The number of pyridine rings is 1. The number of amides is 1. The van der Waals surface area contributed by atoms with Crippen molar-refractivity contribution in [1.82, 2.24) is 24.6 Å². The number of H-pyrrole nitrogens is 1. The van der Waals surface area contributed by atoms with E-state index in [0.717, 1.165) is 46.4 Å². The Hall–Kier alpha value is -2.45. The van der Waals surface area contributed by atoms with Crippen molar-refractivity contribution in [3.8, 4) is 0 Å². The molecule has 0 atom stereocenters. The molecule has 166 valence electrons. The van der Waals surface area contributed by atoms with Crippen molar-refractivity contribution < 1.29 is 4.79 Å². The number of likely N-dealkylation sites (tertiary alicyclic amines) is 1. The molecule has 2 aliphatic rings. The van der Waals surface area contributed by atoms with Gasteiger partial charge in [0, 0.05) is 36.1 Å². The summed E-state index contributed by atoms with van der Waals surface area (Å²) in [5, 5.41) is 8.27. The van der Waals surface area contributed by atoms with Gasteiger partial charge in [-0.3, -0.25) is 9.89 Å². The lowest BCUT2D eigenvalue weighted by atomic mass is 9.95. The number of nitrogens with one attached hydrogen (secondary N) is 1. The van der Waals surface area contributed by atoms with Crippen LogP contribution in [-0.2, 0) is 0 Å². The van der Waals surface area contributed by atoms with Gasteiger partial charge in [0.15, 0.2) is 4.77 Å². The topological polar surface area (TPSA) is 66.8 Å². The van der Waals surface area contributed by atoms with Crippen LogP contribution in [0.1, 0.15) is 65.0 Å². The molecule has 1 amide bonds. The third-order valence-corrected chi connectivity index (χ3v) is 7.78. The Labute approximate surface area is 197 Å². The molecule has 1 N–H and O–H groups in total. The highest BCUT2D eigenvalue weighted by Crippen LogP contribution is 2.39. The van der Waals surface area contributed by atoms with Crippen LogP contribution in [0.15, 0.2) is 46.5 Å². The number of piperidine rings is 1. The first kappa shape index (κ1) is 21.4. The fourth-order valence-electron chi connectivity index (χ4n) is 4.33. The molecule has 1 aliphatic carbocycles. The molecule has 8 heteroatoms. The summed E-state index contributed by atoms with van der Waals surface area (Å²) in [5.41, 5.74) is 3.18. The Bertz CT molecular complexity index is 1210. The minimum absolute atomic E-state index is 0.0592. The predicted molar refractivity (Wildman–Crippen MR) is 128 cm³/mol. The molecule has 32 heavy (non-hydrogen) atoms. The lowest BCUT2D eigenvalue weighted by Crippen LogP contribution is -2.38. The minimum atomic E-state index is 0.0592. The molecular formula is C24H27N5OS2. The van der Waals surface area contributed by atoms with Crippen molar-refractivity contribution in [2.45, 2.75) is 61.4 Å². The SMILES string of the molecule is Cc1ccc(Sc2ncccc2C(=O)N2CCC(c3n[nH]c(=S)n3C3CC3)CC2)cc1C. The first-order chi connectivity index (χ1) is 15.5. The zero-order valence-electron chi connectivity index (χ0n) is 18.4. The van der Waals surface area contributed by atoms with Crippen molar-refractivity contribution in [2.75, 3.05) is 13.1 Å². The van der Waals surface area contributed by atoms with Crippen LogP contribution in [0.25, 0.3) is 0 Å². The molecule has 3 aromatic rings. The van der Waals surface area contributed by atoms with E-state index in [4.69, 9.17) is 12.2 Å². The summed E-state index contributed by atoms with van der Waals surface area (Å²) in [7, 11) is 0. The highest BCUT2D eigenvalue weighted by Gasteiger charge is 2.33. The summed E-state index contributed by atoms with van der Waals surface area (Å²) < 4.78 is 2.93. The van der Waals surface area contributed by atoms with Gasteiger partial charge in [-0.2, -0.15) is 5.10 Å². The lowest BCUT2D eigenvalue weighted by Gasteiger charge is -2.32. The number of rotatable bonds is 5. The molecule has 5 rings (SSSR count). The average Bonchev–Trinajstić information content (AvgIpc) is 3.57. The van der Waals surface area contributed by atoms with Gasteiger partial charge in [0.05, 0.1) is 5.56 Å². The van der Waals surface area contributed by atoms with Gasteiger partial charge in [-0.1, -0.05) is 17.8 Å². The van der Waals surface area contributed by atoms with E-state index in [1.54, 1.807) is 18.0 Å². The maximum Gasteiger partial charge on any atom is 0.256 e. The third-order valence-electron chi connectivity index (χ3n) is 6.49. The zero-order chi connectivity index (χ0) is 22.2.